The summed E-state index contributed by atoms with van der Waals surface area (Å²) in [7, 11) is 0. The lowest BCUT2D eigenvalue weighted by molar-refractivity contribution is 0.102. The summed E-state index contributed by atoms with van der Waals surface area (Å²) in [6.07, 6.45) is 2.00. The van der Waals surface area contributed by atoms with E-state index in [0.29, 0.717) is 11.3 Å². The second-order valence-corrected chi connectivity index (χ2v) is 4.69. The van der Waals surface area contributed by atoms with Crippen molar-refractivity contribution in [1.29, 1.82) is 0 Å². The zero-order valence-corrected chi connectivity index (χ0v) is 10.8. The minimum Gasteiger partial charge on any atom is -0.399 e. The van der Waals surface area contributed by atoms with Crippen LogP contribution in [0.1, 0.15) is 10.4 Å². The summed E-state index contributed by atoms with van der Waals surface area (Å²) in [5.41, 5.74) is 7.62. The molecule has 1 amide bonds. The Morgan fingerprint density at radius 2 is 1.89 bits per heavy atom. The van der Waals surface area contributed by atoms with Gasteiger partial charge in [-0.2, -0.15) is 0 Å². The Labute approximate surface area is 110 Å². The highest BCUT2D eigenvalue weighted by Crippen LogP contribution is 2.19. The first-order valence-electron chi connectivity index (χ1n) is 5.50. The maximum atomic E-state index is 12.0. The molecule has 0 spiro atoms. The predicted molar refractivity (Wildman–Crippen MR) is 77.0 cm³/mol. The van der Waals surface area contributed by atoms with Crippen molar-refractivity contribution in [2.45, 2.75) is 4.90 Å². The molecule has 0 aliphatic rings. The third kappa shape index (κ3) is 3.05. The van der Waals surface area contributed by atoms with Gasteiger partial charge in [0.15, 0.2) is 0 Å². The van der Waals surface area contributed by atoms with Gasteiger partial charge in [-0.3, -0.25) is 4.79 Å². The van der Waals surface area contributed by atoms with Crippen LogP contribution in [0.5, 0.6) is 0 Å². The van der Waals surface area contributed by atoms with Crippen LogP contribution in [-0.2, 0) is 0 Å². The number of anilines is 2. The lowest BCUT2D eigenvalue weighted by Gasteiger charge is -2.06. The molecule has 2 aromatic carbocycles. The van der Waals surface area contributed by atoms with Crippen molar-refractivity contribution < 1.29 is 4.79 Å². The van der Waals surface area contributed by atoms with Gasteiger partial charge in [-0.05, 0) is 48.7 Å². The van der Waals surface area contributed by atoms with Gasteiger partial charge in [0, 0.05) is 21.8 Å². The second kappa shape index (κ2) is 5.60. The van der Waals surface area contributed by atoms with E-state index < -0.39 is 0 Å². The van der Waals surface area contributed by atoms with Crippen molar-refractivity contribution in [3.05, 3.63) is 54.1 Å². The van der Waals surface area contributed by atoms with E-state index in [-0.39, 0.29) is 5.91 Å². The molecule has 0 aliphatic heterocycles. The van der Waals surface area contributed by atoms with E-state index in [4.69, 9.17) is 5.73 Å². The first kappa shape index (κ1) is 12.5. The largest absolute Gasteiger partial charge is 0.399 e. The fourth-order valence-corrected chi connectivity index (χ4v) is 2.00. The first-order chi connectivity index (χ1) is 8.69. The molecule has 4 heteroatoms. The minimum atomic E-state index is -0.131. The number of carbonyl (C=O) groups excluding carboxylic acids is 1. The Hall–Kier alpha value is -1.94. The van der Waals surface area contributed by atoms with Gasteiger partial charge in [0.05, 0.1) is 0 Å². The quantitative estimate of drug-likeness (QED) is 0.656. The van der Waals surface area contributed by atoms with E-state index in [1.165, 1.54) is 0 Å². The number of nitrogens with two attached hydrogens (primary N) is 1. The van der Waals surface area contributed by atoms with Crippen LogP contribution in [0.25, 0.3) is 0 Å². The average molecular weight is 258 g/mol. The SMILES string of the molecule is CSc1cccc(NC(=O)c2ccc(N)cc2)c1. The molecular weight excluding hydrogens is 244 g/mol. The maximum absolute atomic E-state index is 12.0. The molecule has 0 atom stereocenters. The molecule has 3 nitrogen and oxygen atoms in total. The molecule has 18 heavy (non-hydrogen) atoms. The van der Waals surface area contributed by atoms with Crippen molar-refractivity contribution in [1.82, 2.24) is 0 Å². The predicted octanol–water partition coefficient (Wildman–Crippen LogP) is 3.24. The van der Waals surface area contributed by atoms with Crippen LogP contribution in [0.4, 0.5) is 11.4 Å². The number of hydrogen-bond donors (Lipinski definition) is 2. The van der Waals surface area contributed by atoms with Crippen LogP contribution >= 0.6 is 11.8 Å². The monoisotopic (exact) mass is 258 g/mol. The third-order valence-corrected chi connectivity index (χ3v) is 3.23. The Morgan fingerprint density at radius 1 is 1.17 bits per heavy atom. The lowest BCUT2D eigenvalue weighted by Crippen LogP contribution is -2.11. The number of rotatable bonds is 3. The van der Waals surface area contributed by atoms with Crippen molar-refractivity contribution in [3.63, 3.8) is 0 Å². The van der Waals surface area contributed by atoms with Crippen molar-refractivity contribution in [3.8, 4) is 0 Å². The molecule has 0 heterocycles. The van der Waals surface area contributed by atoms with Crippen LogP contribution in [0, 0.1) is 0 Å². The summed E-state index contributed by atoms with van der Waals surface area (Å²) < 4.78 is 0. The molecule has 0 saturated carbocycles. The number of amides is 1. The van der Waals surface area contributed by atoms with Crippen molar-refractivity contribution >= 4 is 29.0 Å². The summed E-state index contributed by atoms with van der Waals surface area (Å²) in [5, 5.41) is 2.86. The zero-order valence-electron chi connectivity index (χ0n) is 10.0. The van der Waals surface area contributed by atoms with E-state index in [2.05, 4.69) is 5.32 Å². The second-order valence-electron chi connectivity index (χ2n) is 3.81. The fraction of sp³-hybridized carbons (Fsp3) is 0.0714. The number of nitrogens with one attached hydrogen (secondary N) is 1. The molecule has 0 radical (unpaired) electrons. The molecule has 0 unspecified atom stereocenters. The van der Waals surface area contributed by atoms with Crippen LogP contribution in [0.2, 0.25) is 0 Å². The van der Waals surface area contributed by atoms with Crippen LogP contribution < -0.4 is 11.1 Å². The summed E-state index contributed by atoms with van der Waals surface area (Å²) in [4.78, 5) is 13.1. The Morgan fingerprint density at radius 3 is 2.56 bits per heavy atom. The molecule has 2 rings (SSSR count). The molecule has 0 bridgehead atoms. The molecule has 0 fully saturated rings. The van der Waals surface area contributed by atoms with E-state index in [9.17, 15) is 4.79 Å². The molecular formula is C14H14N2OS. The van der Waals surface area contributed by atoms with Gasteiger partial charge < -0.3 is 11.1 Å². The first-order valence-corrected chi connectivity index (χ1v) is 6.72. The van der Waals surface area contributed by atoms with Gasteiger partial charge in [0.25, 0.3) is 5.91 Å². The van der Waals surface area contributed by atoms with Gasteiger partial charge in [-0.25, -0.2) is 0 Å². The highest BCUT2D eigenvalue weighted by Gasteiger charge is 2.05. The van der Waals surface area contributed by atoms with Gasteiger partial charge >= 0.3 is 0 Å². The fourth-order valence-electron chi connectivity index (χ4n) is 1.54. The highest BCUT2D eigenvalue weighted by atomic mass is 32.2. The molecule has 3 N–H and O–H groups in total. The van der Waals surface area contributed by atoms with Crippen LogP contribution in [0.15, 0.2) is 53.4 Å². The molecule has 0 aromatic heterocycles. The topological polar surface area (TPSA) is 55.1 Å². The van der Waals surface area contributed by atoms with E-state index in [1.807, 2.05) is 30.5 Å². The Bertz CT molecular complexity index is 552. The number of benzene rings is 2. The molecule has 2 aromatic rings. The van der Waals surface area contributed by atoms with E-state index in [0.717, 1.165) is 10.6 Å². The number of carbonyl (C=O) groups is 1. The third-order valence-electron chi connectivity index (χ3n) is 2.50. The molecule has 0 aliphatic carbocycles. The minimum absolute atomic E-state index is 0.131. The maximum Gasteiger partial charge on any atom is 0.255 e. The standard InChI is InChI=1S/C14H14N2OS/c1-18-13-4-2-3-12(9-13)16-14(17)10-5-7-11(15)8-6-10/h2-9H,15H2,1H3,(H,16,17). The smallest absolute Gasteiger partial charge is 0.255 e. The summed E-state index contributed by atoms with van der Waals surface area (Å²) in [6.45, 7) is 0. The number of hydrogen-bond acceptors (Lipinski definition) is 3. The zero-order chi connectivity index (χ0) is 13.0. The van der Waals surface area contributed by atoms with Gasteiger partial charge in [-0.15, -0.1) is 11.8 Å². The average Bonchev–Trinajstić information content (AvgIpc) is 2.39. The van der Waals surface area contributed by atoms with Crippen molar-refractivity contribution in [2.24, 2.45) is 0 Å². The molecule has 0 saturated heterocycles. The Kier molecular flexibility index (Phi) is 3.89. The van der Waals surface area contributed by atoms with Crippen LogP contribution in [-0.4, -0.2) is 12.2 Å². The van der Waals surface area contributed by atoms with Gasteiger partial charge in [-0.1, -0.05) is 6.07 Å². The normalized spacial score (nSPS) is 10.1. The summed E-state index contributed by atoms with van der Waals surface area (Å²) in [6, 6.07) is 14.6. The van der Waals surface area contributed by atoms with Gasteiger partial charge in [0.1, 0.15) is 0 Å². The number of nitrogen functional groups attached to an aromatic ring is 1. The summed E-state index contributed by atoms with van der Waals surface area (Å²) >= 11 is 1.64. The van der Waals surface area contributed by atoms with E-state index in [1.54, 1.807) is 36.0 Å². The van der Waals surface area contributed by atoms with Gasteiger partial charge in [0.2, 0.25) is 0 Å². The lowest BCUT2D eigenvalue weighted by atomic mass is 10.2. The number of thioether (sulfide) groups is 1. The highest BCUT2D eigenvalue weighted by molar-refractivity contribution is 7.98. The van der Waals surface area contributed by atoms with Crippen molar-refractivity contribution in [2.75, 3.05) is 17.3 Å². The Balaban J connectivity index is 2.13. The molecule has 92 valence electrons. The van der Waals surface area contributed by atoms with Crippen LogP contribution in [0.3, 0.4) is 0 Å². The van der Waals surface area contributed by atoms with E-state index >= 15 is 0 Å². The summed E-state index contributed by atoms with van der Waals surface area (Å²) in [5.74, 6) is -0.131.